The number of carbonyl (C=O) groups is 2. The van der Waals surface area contributed by atoms with Crippen LogP contribution < -0.4 is 19.5 Å². The van der Waals surface area contributed by atoms with Crippen LogP contribution in [-0.4, -0.2) is 37.3 Å². The summed E-state index contributed by atoms with van der Waals surface area (Å²) in [6, 6.07) is 13.3. The van der Waals surface area contributed by atoms with Crippen LogP contribution in [0.25, 0.3) is 0 Å². The molecule has 0 radical (unpaired) electrons. The van der Waals surface area contributed by atoms with Crippen LogP contribution in [0.3, 0.4) is 0 Å². The van der Waals surface area contributed by atoms with Crippen molar-refractivity contribution >= 4 is 11.9 Å². The molecule has 0 fully saturated rings. The predicted molar refractivity (Wildman–Crippen MR) is 104 cm³/mol. The average Bonchev–Trinajstić information content (AvgIpc) is 2.70. The van der Waals surface area contributed by atoms with Crippen molar-refractivity contribution in [1.29, 1.82) is 0 Å². The van der Waals surface area contributed by atoms with Gasteiger partial charge in [0, 0.05) is 0 Å². The summed E-state index contributed by atoms with van der Waals surface area (Å²) in [6.45, 7) is 2.36. The maximum atomic E-state index is 12.3. The predicted octanol–water partition coefficient (Wildman–Crippen LogP) is 3.20. The lowest BCUT2D eigenvalue weighted by Gasteiger charge is -2.18. The van der Waals surface area contributed by atoms with Gasteiger partial charge in [-0.2, -0.15) is 0 Å². The minimum atomic E-state index is -1.01. The fraction of sp³-hybridized carbons (Fsp3) is 0.333. The summed E-state index contributed by atoms with van der Waals surface area (Å²) >= 11 is 0. The van der Waals surface area contributed by atoms with E-state index in [4.69, 9.17) is 14.2 Å². The van der Waals surface area contributed by atoms with Gasteiger partial charge in [-0.15, -0.1) is 0 Å². The van der Waals surface area contributed by atoms with E-state index in [-0.39, 0.29) is 13.0 Å². The fourth-order valence-electron chi connectivity index (χ4n) is 2.56. The summed E-state index contributed by atoms with van der Waals surface area (Å²) in [7, 11) is 1.51. The maximum absolute atomic E-state index is 12.3. The number of carboxylic acid groups (broad SMARTS) is 1. The van der Waals surface area contributed by atoms with Crippen LogP contribution in [0.15, 0.2) is 48.5 Å². The molecule has 1 amide bonds. The topological polar surface area (TPSA) is 94.1 Å². The quantitative estimate of drug-likeness (QED) is 0.615. The molecular formula is C21H25NO6. The molecule has 0 saturated carbocycles. The number of benzene rings is 2. The second-order valence-electron chi connectivity index (χ2n) is 6.07. The van der Waals surface area contributed by atoms with E-state index in [9.17, 15) is 14.7 Å². The summed E-state index contributed by atoms with van der Waals surface area (Å²) in [6.07, 6.45) is 0.654. The van der Waals surface area contributed by atoms with E-state index in [1.165, 1.54) is 7.11 Å². The number of amides is 1. The van der Waals surface area contributed by atoms with E-state index in [2.05, 4.69) is 5.32 Å². The minimum Gasteiger partial charge on any atom is -0.494 e. The molecule has 0 unspecified atom stereocenters. The van der Waals surface area contributed by atoms with Crippen molar-refractivity contribution in [3.8, 4) is 17.2 Å². The zero-order valence-electron chi connectivity index (χ0n) is 16.0. The highest BCUT2D eigenvalue weighted by Crippen LogP contribution is 2.26. The van der Waals surface area contributed by atoms with Gasteiger partial charge in [0.05, 0.1) is 26.2 Å². The second kappa shape index (κ2) is 10.8. The number of ether oxygens (including phenoxy) is 3. The molecule has 0 aliphatic heterocycles. The standard InChI is InChI=1S/C21H25NO6/c1-3-12-27-16-10-8-15(9-11-16)17(13-21(24)25)22-20(23)14-28-19-7-5-4-6-18(19)26-2/h4-11,17H,3,12-14H2,1-2H3,(H,22,23)(H,24,25)/t17-/m0/s1. The molecule has 7 heteroatoms. The Hall–Kier alpha value is -3.22. The molecule has 0 aliphatic carbocycles. The van der Waals surface area contributed by atoms with Gasteiger partial charge < -0.3 is 24.6 Å². The highest BCUT2D eigenvalue weighted by Gasteiger charge is 2.19. The first-order valence-corrected chi connectivity index (χ1v) is 9.03. The van der Waals surface area contributed by atoms with Crippen LogP contribution in [0.4, 0.5) is 0 Å². The van der Waals surface area contributed by atoms with Gasteiger partial charge in [0.2, 0.25) is 0 Å². The SMILES string of the molecule is CCCOc1ccc([C@H](CC(=O)O)NC(=O)COc2ccccc2OC)cc1. The molecule has 28 heavy (non-hydrogen) atoms. The molecule has 7 nitrogen and oxygen atoms in total. The van der Waals surface area contributed by atoms with Crippen molar-refractivity contribution in [1.82, 2.24) is 5.32 Å². The van der Waals surface area contributed by atoms with Crippen molar-refractivity contribution in [2.24, 2.45) is 0 Å². The van der Waals surface area contributed by atoms with Crippen molar-refractivity contribution in [2.45, 2.75) is 25.8 Å². The zero-order valence-corrected chi connectivity index (χ0v) is 16.0. The van der Waals surface area contributed by atoms with E-state index in [1.807, 2.05) is 6.92 Å². The number of carboxylic acids is 1. The van der Waals surface area contributed by atoms with Gasteiger partial charge in [-0.05, 0) is 36.2 Å². The fourth-order valence-corrected chi connectivity index (χ4v) is 2.56. The first-order valence-electron chi connectivity index (χ1n) is 9.03. The molecule has 2 aromatic carbocycles. The molecule has 0 heterocycles. The van der Waals surface area contributed by atoms with Gasteiger partial charge >= 0.3 is 5.97 Å². The molecule has 2 rings (SSSR count). The Morgan fingerprint density at radius 3 is 2.32 bits per heavy atom. The molecule has 0 spiro atoms. The Labute approximate surface area is 164 Å². The van der Waals surface area contributed by atoms with Crippen LogP contribution in [0.5, 0.6) is 17.2 Å². The second-order valence-corrected chi connectivity index (χ2v) is 6.07. The van der Waals surface area contributed by atoms with Crippen molar-refractivity contribution in [3.05, 3.63) is 54.1 Å². The Bertz CT molecular complexity index is 775. The number of hydrogen-bond donors (Lipinski definition) is 2. The van der Waals surface area contributed by atoms with Gasteiger partial charge in [-0.1, -0.05) is 31.2 Å². The van der Waals surface area contributed by atoms with E-state index in [1.54, 1.807) is 48.5 Å². The molecular weight excluding hydrogens is 362 g/mol. The van der Waals surface area contributed by atoms with Gasteiger partial charge in [0.15, 0.2) is 18.1 Å². The third kappa shape index (κ3) is 6.50. The number of hydrogen-bond acceptors (Lipinski definition) is 5. The lowest BCUT2D eigenvalue weighted by molar-refractivity contribution is -0.137. The minimum absolute atomic E-state index is 0.241. The van der Waals surface area contributed by atoms with Crippen molar-refractivity contribution in [3.63, 3.8) is 0 Å². The zero-order chi connectivity index (χ0) is 20.4. The van der Waals surface area contributed by atoms with E-state index < -0.39 is 17.9 Å². The number of nitrogens with one attached hydrogen (secondary N) is 1. The third-order valence-corrected chi connectivity index (χ3v) is 3.90. The third-order valence-electron chi connectivity index (χ3n) is 3.90. The molecule has 0 aromatic heterocycles. The summed E-state index contributed by atoms with van der Waals surface area (Å²) in [5.41, 5.74) is 0.678. The molecule has 0 aliphatic rings. The Kier molecular flexibility index (Phi) is 8.14. The normalized spacial score (nSPS) is 11.4. The van der Waals surface area contributed by atoms with Gasteiger partial charge in [0.1, 0.15) is 5.75 Å². The first kappa shape index (κ1) is 21.1. The van der Waals surface area contributed by atoms with Crippen LogP contribution in [-0.2, 0) is 9.59 Å². The highest BCUT2D eigenvalue weighted by molar-refractivity contribution is 5.79. The van der Waals surface area contributed by atoms with Crippen LogP contribution >= 0.6 is 0 Å². The number of rotatable bonds is 11. The molecule has 150 valence electrons. The Morgan fingerprint density at radius 1 is 1.04 bits per heavy atom. The summed E-state index contributed by atoms with van der Waals surface area (Å²) < 4.78 is 16.2. The molecule has 0 bridgehead atoms. The molecule has 2 N–H and O–H groups in total. The summed E-state index contributed by atoms with van der Waals surface area (Å²) in [5, 5.41) is 11.9. The first-order chi connectivity index (χ1) is 13.5. The van der Waals surface area contributed by atoms with Crippen LogP contribution in [0.2, 0.25) is 0 Å². The van der Waals surface area contributed by atoms with Crippen LogP contribution in [0, 0.1) is 0 Å². The number of para-hydroxylation sites is 2. The van der Waals surface area contributed by atoms with Crippen molar-refractivity contribution < 1.29 is 28.9 Å². The van der Waals surface area contributed by atoms with Gasteiger partial charge in [-0.25, -0.2) is 0 Å². The molecule has 1 atom stereocenters. The maximum Gasteiger partial charge on any atom is 0.305 e. The average molecular weight is 387 g/mol. The Balaban J connectivity index is 2.00. The monoisotopic (exact) mass is 387 g/mol. The molecule has 0 saturated heterocycles. The lowest BCUT2D eigenvalue weighted by atomic mass is 10.0. The Morgan fingerprint density at radius 2 is 1.71 bits per heavy atom. The van der Waals surface area contributed by atoms with Gasteiger partial charge in [0.25, 0.3) is 5.91 Å². The summed E-state index contributed by atoms with van der Waals surface area (Å²) in [4.78, 5) is 23.5. The number of methoxy groups -OCH3 is 1. The highest BCUT2D eigenvalue weighted by atomic mass is 16.5. The number of carbonyl (C=O) groups excluding carboxylic acids is 1. The molecule has 2 aromatic rings. The summed E-state index contributed by atoms with van der Waals surface area (Å²) in [5.74, 6) is 0.212. The smallest absolute Gasteiger partial charge is 0.305 e. The lowest BCUT2D eigenvalue weighted by Crippen LogP contribution is -2.33. The van der Waals surface area contributed by atoms with E-state index >= 15 is 0 Å². The van der Waals surface area contributed by atoms with Crippen LogP contribution in [0.1, 0.15) is 31.4 Å². The van der Waals surface area contributed by atoms with E-state index in [0.717, 1.165) is 6.42 Å². The largest absolute Gasteiger partial charge is 0.494 e. The van der Waals surface area contributed by atoms with Gasteiger partial charge in [-0.3, -0.25) is 9.59 Å². The van der Waals surface area contributed by atoms with Crippen molar-refractivity contribution in [2.75, 3.05) is 20.3 Å². The number of aliphatic carboxylic acids is 1. The van der Waals surface area contributed by atoms with E-state index in [0.29, 0.717) is 29.4 Å².